The summed E-state index contributed by atoms with van der Waals surface area (Å²) >= 11 is 51.3. The van der Waals surface area contributed by atoms with E-state index < -0.39 is 0 Å². The number of hydrogen-bond acceptors (Lipinski definition) is 25. The second kappa shape index (κ2) is 36.2. The first kappa shape index (κ1) is 71.3. The van der Waals surface area contributed by atoms with Gasteiger partial charge in [-0.15, -0.1) is 58.4 Å². The molecular formula is C60H72S25. The smallest absolute Gasteiger partial charge is 0.0718 e. The van der Waals surface area contributed by atoms with E-state index in [1.54, 1.807) is 16.9 Å². The lowest BCUT2D eigenvalue weighted by molar-refractivity contribution is 0.500. The van der Waals surface area contributed by atoms with Gasteiger partial charge in [0.25, 0.3) is 0 Å². The highest BCUT2D eigenvalue weighted by Gasteiger charge is 2.41. The lowest BCUT2D eigenvalue weighted by Gasteiger charge is -2.16. The van der Waals surface area contributed by atoms with Crippen molar-refractivity contribution in [2.75, 3.05) is 23.0 Å². The third-order valence-electron chi connectivity index (χ3n) is 14.5. The van der Waals surface area contributed by atoms with Crippen LogP contribution in [0.4, 0.5) is 0 Å². The predicted octanol–water partition coefficient (Wildman–Crippen LogP) is 32.2. The molecule has 0 spiro atoms. The van der Waals surface area contributed by atoms with Gasteiger partial charge >= 0.3 is 0 Å². The highest BCUT2D eigenvalue weighted by atomic mass is 32.3. The summed E-state index contributed by atoms with van der Waals surface area (Å²) in [6.07, 6.45) is 26.2. The summed E-state index contributed by atoms with van der Waals surface area (Å²) in [5, 5.41) is 0. The SMILES string of the molecule is CCCCC(CC)CSC1=C(SCC(CC)CCCC)SC(=C2SC3=C(S2)SC(=C2SC4=C(SC(=Cc5ccc(C=C6SC7=C(S6)SC(=C6SC8=C(SC(=C9SC(SCC(CC)CCCC)=C(SCC(CC)CCCC)S9)S8)S6)S7)s5)S4)S2)S3)S1. The molecule has 25 heteroatoms. The van der Waals surface area contributed by atoms with Crippen LogP contribution in [0.2, 0.25) is 0 Å². The van der Waals surface area contributed by atoms with Crippen molar-refractivity contribution in [2.24, 2.45) is 23.7 Å². The van der Waals surface area contributed by atoms with Crippen molar-refractivity contribution < 1.29 is 0 Å². The zero-order valence-electron chi connectivity index (χ0n) is 49.0. The Morgan fingerprint density at radius 2 is 0.482 bits per heavy atom. The van der Waals surface area contributed by atoms with Crippen LogP contribution in [0.1, 0.15) is 168 Å². The lowest BCUT2D eigenvalue weighted by atomic mass is 10.0. The quantitative estimate of drug-likeness (QED) is 0.0717. The second-order valence-electron chi connectivity index (χ2n) is 20.9. The molecule has 462 valence electrons. The van der Waals surface area contributed by atoms with Crippen molar-refractivity contribution >= 4 is 306 Å². The zero-order chi connectivity index (χ0) is 58.8. The molecule has 1 aromatic rings. The standard InChI is InChI=1S/C60H72S25/c1-9-17-21-33(13-5)29-61-41-42(62-30-34(14-6)22-18-10-2)71-49(70-41)51-78-57-58(79-51)83-55(82-57)53-74-45-46(75-53)67-39(66-45)27-37-25-26-38(65-37)28-40-68-47-48(69-40)77-54(76-47)56-84-59-60(85-56)81-52(80-59)50-72-43(63-31-35(15-7)23-19-11-3)44(73-50)64-32-36(16-8)24-20-12-4/h25-28,33-36H,9-24,29-32H2,1-8H3. The summed E-state index contributed by atoms with van der Waals surface area (Å²) in [5.74, 6) is 8.34. The van der Waals surface area contributed by atoms with Crippen LogP contribution >= 0.6 is 294 Å². The van der Waals surface area contributed by atoms with Gasteiger partial charge in [0.1, 0.15) is 0 Å². The highest BCUT2D eigenvalue weighted by Crippen LogP contribution is 2.77. The van der Waals surface area contributed by atoms with Gasteiger partial charge in [-0.25, -0.2) is 0 Å². The van der Waals surface area contributed by atoms with E-state index in [0.717, 1.165) is 23.7 Å². The van der Waals surface area contributed by atoms with E-state index in [9.17, 15) is 0 Å². The van der Waals surface area contributed by atoms with Crippen molar-refractivity contribution in [3.8, 4) is 0 Å². The third kappa shape index (κ3) is 19.5. The average molecular weight is 1590 g/mol. The summed E-state index contributed by atoms with van der Waals surface area (Å²) < 4.78 is 33.1. The molecule has 0 saturated heterocycles. The molecule has 0 nitrogen and oxygen atoms in total. The van der Waals surface area contributed by atoms with Crippen molar-refractivity contribution in [1.29, 1.82) is 0 Å². The Kier molecular flexibility index (Phi) is 30.3. The summed E-state index contributed by atoms with van der Waals surface area (Å²) in [7, 11) is 0. The fourth-order valence-corrected chi connectivity index (χ4v) is 49.6. The number of unbranched alkanes of at least 4 members (excludes halogenated alkanes) is 4. The average Bonchev–Trinajstić information content (AvgIpc) is 4.40. The van der Waals surface area contributed by atoms with Crippen molar-refractivity contribution in [1.82, 2.24) is 0 Å². The van der Waals surface area contributed by atoms with Crippen LogP contribution in [0, 0.1) is 23.7 Å². The molecule has 11 rings (SSSR count). The molecule has 0 saturated carbocycles. The highest BCUT2D eigenvalue weighted by molar-refractivity contribution is 8.54. The molecule has 0 aromatic carbocycles. The molecule has 0 fully saturated rings. The van der Waals surface area contributed by atoms with Crippen LogP contribution in [0.15, 0.2) is 105 Å². The minimum atomic E-state index is 0.823. The minimum Gasteiger partial charge on any atom is -0.136 e. The Labute approximate surface area is 616 Å². The van der Waals surface area contributed by atoms with E-state index in [4.69, 9.17) is 0 Å². The van der Waals surface area contributed by atoms with E-state index in [0.29, 0.717) is 0 Å². The van der Waals surface area contributed by atoms with Gasteiger partial charge in [0.15, 0.2) is 0 Å². The molecule has 4 unspecified atom stereocenters. The van der Waals surface area contributed by atoms with Gasteiger partial charge in [0.05, 0.1) is 93.2 Å². The van der Waals surface area contributed by atoms with Crippen LogP contribution in [-0.4, -0.2) is 23.0 Å². The van der Waals surface area contributed by atoms with E-state index in [-0.39, 0.29) is 0 Å². The minimum absolute atomic E-state index is 0.823. The van der Waals surface area contributed by atoms with Gasteiger partial charge in [-0.2, -0.15) is 0 Å². The molecule has 0 amide bonds. The van der Waals surface area contributed by atoms with Crippen LogP contribution in [0.3, 0.4) is 0 Å². The van der Waals surface area contributed by atoms with Crippen LogP contribution < -0.4 is 0 Å². The Bertz CT molecular complexity index is 2690. The summed E-state index contributed by atoms with van der Waals surface area (Å²) in [4.78, 5) is 2.69. The maximum absolute atomic E-state index is 2.43. The molecular weight excluding hydrogens is 1520 g/mol. The second-order valence-corrected chi connectivity index (χ2v) is 52.4. The summed E-state index contributed by atoms with van der Waals surface area (Å²) in [6.45, 7) is 18.9. The Hall–Kier alpha value is 4.98. The maximum Gasteiger partial charge on any atom is 0.0718 e. The first-order valence-corrected chi connectivity index (χ1v) is 50.8. The molecule has 0 bridgehead atoms. The van der Waals surface area contributed by atoms with E-state index in [1.807, 2.05) is 152 Å². The topological polar surface area (TPSA) is 0 Å². The molecule has 0 aliphatic carbocycles. The Morgan fingerprint density at radius 1 is 0.282 bits per heavy atom. The lowest BCUT2D eigenvalue weighted by Crippen LogP contribution is -2.03. The van der Waals surface area contributed by atoms with Gasteiger partial charge in [0.2, 0.25) is 0 Å². The van der Waals surface area contributed by atoms with Gasteiger partial charge in [-0.1, -0.05) is 368 Å². The number of thiophene rings is 1. The number of hydrogen-bond donors (Lipinski definition) is 0. The Morgan fingerprint density at radius 3 is 0.682 bits per heavy atom. The molecule has 0 radical (unpaired) electrons. The fraction of sp³-hybridized carbons (Fsp3) is 0.533. The summed E-state index contributed by atoms with van der Waals surface area (Å²) in [5.41, 5.74) is 0. The normalized spacial score (nSPS) is 22.1. The van der Waals surface area contributed by atoms with E-state index in [1.165, 1.54) is 212 Å². The molecule has 11 heterocycles. The molecule has 10 aliphatic heterocycles. The number of rotatable bonds is 30. The van der Waals surface area contributed by atoms with Crippen molar-refractivity contribution in [3.63, 3.8) is 0 Å². The first-order chi connectivity index (χ1) is 41.6. The third-order valence-corrected chi connectivity index (χ3v) is 51.8. The van der Waals surface area contributed by atoms with Crippen LogP contribution in [0.25, 0.3) is 12.2 Å². The molecule has 1 aromatic heterocycles. The predicted molar refractivity (Wildman–Crippen MR) is 445 cm³/mol. The fourth-order valence-electron chi connectivity index (χ4n) is 9.18. The Balaban J connectivity index is 0.628. The zero-order valence-corrected chi connectivity index (χ0v) is 69.4. The summed E-state index contributed by atoms with van der Waals surface area (Å²) in [6, 6.07) is 4.65. The molecule has 85 heavy (non-hydrogen) atoms. The van der Waals surface area contributed by atoms with E-state index in [2.05, 4.69) is 221 Å². The molecule has 10 aliphatic rings. The van der Waals surface area contributed by atoms with E-state index >= 15 is 0 Å². The van der Waals surface area contributed by atoms with Crippen molar-refractivity contribution in [3.05, 3.63) is 115 Å². The molecule has 4 atom stereocenters. The number of thioether (sulfide) groups is 24. The van der Waals surface area contributed by atoms with Gasteiger partial charge in [0, 0.05) is 32.8 Å². The van der Waals surface area contributed by atoms with Gasteiger partial charge in [-0.05, 0) is 73.6 Å². The van der Waals surface area contributed by atoms with Gasteiger partial charge in [-0.3, -0.25) is 0 Å². The molecule has 0 N–H and O–H groups in total. The van der Waals surface area contributed by atoms with Crippen molar-refractivity contribution in [2.45, 2.75) is 158 Å². The first-order valence-electron chi connectivity index (χ1n) is 29.7. The largest absolute Gasteiger partial charge is 0.136 e. The maximum atomic E-state index is 2.43. The van der Waals surface area contributed by atoms with Crippen LogP contribution in [-0.2, 0) is 0 Å². The monoisotopic (exact) mass is 1590 g/mol. The van der Waals surface area contributed by atoms with Crippen LogP contribution in [0.5, 0.6) is 0 Å². The van der Waals surface area contributed by atoms with Gasteiger partial charge < -0.3 is 0 Å².